The molecule has 0 aromatic carbocycles. The summed E-state index contributed by atoms with van der Waals surface area (Å²) in [6.45, 7) is 5.42. The number of quaternary nitrogens is 1. The monoisotopic (exact) mass is 715 g/mol. The molecule has 49 heavy (non-hydrogen) atoms. The van der Waals surface area contributed by atoms with E-state index in [1.54, 1.807) is 0 Å². The van der Waals surface area contributed by atoms with Gasteiger partial charge in [0.05, 0.1) is 34.4 Å². The van der Waals surface area contributed by atoms with Gasteiger partial charge in [-0.2, -0.15) is 0 Å². The first-order valence-electron chi connectivity index (χ1n) is 19.7. The molecule has 0 saturated heterocycles. The minimum absolute atomic E-state index is 0.0865. The lowest BCUT2D eigenvalue weighted by molar-refractivity contribution is -0.870. The highest BCUT2D eigenvalue weighted by Gasteiger charge is 2.26. The summed E-state index contributed by atoms with van der Waals surface area (Å²) in [5.74, 6) is -0.342. The number of unbranched alkanes of at least 4 members (excludes halogenated alkanes) is 16. The van der Waals surface area contributed by atoms with Crippen LogP contribution in [0, 0.1) is 0 Å². The number of hydrogen-bond acceptors (Lipinski definition) is 6. The normalized spacial score (nSPS) is 14.3. The van der Waals surface area contributed by atoms with Gasteiger partial charge in [0.25, 0.3) is 0 Å². The van der Waals surface area contributed by atoms with Crippen LogP contribution in [0.25, 0.3) is 0 Å². The molecule has 0 aromatic heterocycles. The molecule has 0 amide bonds. The van der Waals surface area contributed by atoms with E-state index in [4.69, 9.17) is 18.5 Å². The summed E-state index contributed by atoms with van der Waals surface area (Å²) in [4.78, 5) is 22.3. The maximum atomic E-state index is 12.3. The van der Waals surface area contributed by atoms with Crippen molar-refractivity contribution in [2.75, 3.05) is 54.1 Å². The summed E-state index contributed by atoms with van der Waals surface area (Å²) in [6.07, 6.45) is 38.3. The van der Waals surface area contributed by atoms with Crippen LogP contribution in [0.3, 0.4) is 0 Å². The predicted molar refractivity (Wildman–Crippen MR) is 206 cm³/mol. The number of nitrogens with zero attached hydrogens (tertiary/aromatic N) is 1. The van der Waals surface area contributed by atoms with Crippen molar-refractivity contribution in [2.24, 2.45) is 0 Å². The van der Waals surface area contributed by atoms with Crippen LogP contribution in [0.4, 0.5) is 0 Å². The fraction of sp³-hybridized carbons (Fsp3) is 0.825. The van der Waals surface area contributed by atoms with E-state index in [9.17, 15) is 14.3 Å². The summed E-state index contributed by atoms with van der Waals surface area (Å²) in [7, 11) is 1.66. The van der Waals surface area contributed by atoms with Crippen molar-refractivity contribution in [3.05, 3.63) is 36.5 Å². The molecule has 0 saturated carbocycles. The average Bonchev–Trinajstić information content (AvgIpc) is 3.04. The van der Waals surface area contributed by atoms with Gasteiger partial charge in [-0.15, -0.1) is 0 Å². The van der Waals surface area contributed by atoms with Gasteiger partial charge in [-0.05, 0) is 51.4 Å². The molecule has 9 heteroatoms. The fourth-order valence-corrected chi connectivity index (χ4v) is 5.83. The van der Waals surface area contributed by atoms with Crippen LogP contribution in [-0.4, -0.2) is 75.6 Å². The Morgan fingerprint density at radius 2 is 1.12 bits per heavy atom. The zero-order chi connectivity index (χ0) is 36.3. The number of phosphoric ester groups is 1. The molecule has 0 aromatic rings. The lowest BCUT2D eigenvalue weighted by atomic mass is 10.1. The van der Waals surface area contributed by atoms with E-state index in [-0.39, 0.29) is 25.8 Å². The number of carbonyl (C=O) groups excluding carboxylic acids is 1. The third-order valence-corrected chi connectivity index (χ3v) is 9.19. The first-order chi connectivity index (χ1) is 23.6. The molecule has 0 rings (SSSR count). The quantitative estimate of drug-likeness (QED) is 0.0227. The van der Waals surface area contributed by atoms with E-state index in [0.717, 1.165) is 44.9 Å². The molecule has 0 spiro atoms. The molecule has 0 aliphatic rings. The fourth-order valence-electron chi connectivity index (χ4n) is 5.09. The third kappa shape index (κ3) is 37.8. The van der Waals surface area contributed by atoms with E-state index in [2.05, 4.69) is 50.3 Å². The van der Waals surface area contributed by atoms with Crippen molar-refractivity contribution < 1.29 is 37.3 Å². The van der Waals surface area contributed by atoms with E-state index >= 15 is 0 Å². The number of hydrogen-bond donors (Lipinski definition) is 1. The van der Waals surface area contributed by atoms with E-state index in [1.807, 2.05) is 21.1 Å². The molecule has 0 heterocycles. The second kappa shape index (κ2) is 33.8. The highest BCUT2D eigenvalue weighted by Crippen LogP contribution is 2.43. The molecule has 0 radical (unpaired) electrons. The summed E-state index contributed by atoms with van der Waals surface area (Å²) in [6, 6.07) is 0. The second-order valence-electron chi connectivity index (χ2n) is 14.3. The van der Waals surface area contributed by atoms with Crippen molar-refractivity contribution in [1.82, 2.24) is 0 Å². The van der Waals surface area contributed by atoms with Crippen LogP contribution in [0.15, 0.2) is 36.5 Å². The van der Waals surface area contributed by atoms with Gasteiger partial charge in [-0.25, -0.2) is 4.57 Å². The van der Waals surface area contributed by atoms with E-state index in [0.29, 0.717) is 24.1 Å². The Morgan fingerprint density at radius 3 is 1.67 bits per heavy atom. The molecule has 2 unspecified atom stereocenters. The SMILES string of the molecule is CCCCCCC/C=C\C/C=C\C/C=C\CCCCCCCCCCCOCC(COP(=O)(O)OCC[N+](C)(C)C)OC(=O)CCCCC. The maximum absolute atomic E-state index is 12.3. The smallest absolute Gasteiger partial charge is 0.457 e. The van der Waals surface area contributed by atoms with Crippen molar-refractivity contribution >= 4 is 13.8 Å². The minimum atomic E-state index is -4.25. The number of ether oxygens (including phenoxy) is 2. The molecule has 1 N–H and O–H groups in total. The number of carbonyl (C=O) groups is 1. The Balaban J connectivity index is 3.90. The maximum Gasteiger partial charge on any atom is 0.472 e. The first-order valence-corrected chi connectivity index (χ1v) is 21.2. The largest absolute Gasteiger partial charge is 0.472 e. The zero-order valence-corrected chi connectivity index (χ0v) is 33.3. The molecular formula is C40H77NO7P+. The van der Waals surface area contributed by atoms with Crippen LogP contribution >= 0.6 is 7.82 Å². The Bertz CT molecular complexity index is 884. The summed E-state index contributed by atoms with van der Waals surface area (Å²) >= 11 is 0. The van der Waals surface area contributed by atoms with Crippen molar-refractivity contribution in [3.8, 4) is 0 Å². The molecule has 288 valence electrons. The topological polar surface area (TPSA) is 91.3 Å². The van der Waals surface area contributed by atoms with Gasteiger partial charge in [0.1, 0.15) is 19.3 Å². The number of likely N-dealkylation sites (N-methyl/N-ethyl adjacent to an activating group) is 1. The van der Waals surface area contributed by atoms with Gasteiger partial charge in [-0.3, -0.25) is 13.8 Å². The first kappa shape index (κ1) is 47.7. The second-order valence-corrected chi connectivity index (χ2v) is 15.8. The van der Waals surface area contributed by atoms with Crippen LogP contribution in [0.1, 0.15) is 155 Å². The highest BCUT2D eigenvalue weighted by atomic mass is 31.2. The summed E-state index contributed by atoms with van der Waals surface area (Å²) in [5, 5.41) is 0. The van der Waals surface area contributed by atoms with Crippen LogP contribution in [0.5, 0.6) is 0 Å². The number of rotatable bonds is 36. The lowest BCUT2D eigenvalue weighted by Crippen LogP contribution is -2.37. The molecule has 2 atom stereocenters. The summed E-state index contributed by atoms with van der Waals surface area (Å²) < 4.78 is 34.5. The van der Waals surface area contributed by atoms with Gasteiger partial charge >= 0.3 is 13.8 Å². The van der Waals surface area contributed by atoms with Crippen LogP contribution in [-0.2, 0) is 27.9 Å². The molecule has 0 aliphatic heterocycles. The molecular weight excluding hydrogens is 637 g/mol. The molecule has 0 aliphatic carbocycles. The predicted octanol–water partition coefficient (Wildman–Crippen LogP) is 11.0. The number of phosphoric acid groups is 1. The van der Waals surface area contributed by atoms with E-state index < -0.39 is 13.9 Å². The average molecular weight is 715 g/mol. The lowest BCUT2D eigenvalue weighted by Gasteiger charge is -2.24. The Hall–Kier alpha value is -1.28. The van der Waals surface area contributed by atoms with Gasteiger partial charge in [0, 0.05) is 13.0 Å². The zero-order valence-electron chi connectivity index (χ0n) is 32.4. The minimum Gasteiger partial charge on any atom is -0.457 e. The highest BCUT2D eigenvalue weighted by molar-refractivity contribution is 7.47. The van der Waals surface area contributed by atoms with Crippen molar-refractivity contribution in [2.45, 2.75) is 161 Å². The number of esters is 1. The Morgan fingerprint density at radius 1 is 0.633 bits per heavy atom. The molecule has 0 fully saturated rings. The Labute approximate surface area is 302 Å². The van der Waals surface area contributed by atoms with Crippen LogP contribution < -0.4 is 0 Å². The Kier molecular flexibility index (Phi) is 33.0. The van der Waals surface area contributed by atoms with E-state index in [1.165, 1.54) is 89.9 Å². The van der Waals surface area contributed by atoms with Gasteiger partial charge < -0.3 is 18.9 Å². The molecule has 8 nitrogen and oxygen atoms in total. The van der Waals surface area contributed by atoms with Crippen LogP contribution in [0.2, 0.25) is 0 Å². The van der Waals surface area contributed by atoms with Gasteiger partial charge in [0.15, 0.2) is 0 Å². The van der Waals surface area contributed by atoms with Crippen molar-refractivity contribution in [3.63, 3.8) is 0 Å². The standard InChI is InChI=1S/C40H76NO7P/c1-6-8-10-11-12-13-14-15-16-17-18-19-20-21-22-23-24-25-26-27-28-29-30-32-35-45-37-39(48-40(42)33-31-9-7-2)38-47-49(43,44)46-36-34-41(3,4)5/h14-15,17-18,20-21,39H,6-13,16,19,22-38H2,1-5H3/p+1/b15-14-,18-17-,21-20-. The third-order valence-electron chi connectivity index (χ3n) is 8.20. The molecule has 0 bridgehead atoms. The van der Waals surface area contributed by atoms with Crippen molar-refractivity contribution in [1.29, 1.82) is 0 Å². The number of allylic oxidation sites excluding steroid dienone is 6. The van der Waals surface area contributed by atoms with Gasteiger partial charge in [-0.1, -0.05) is 134 Å². The summed E-state index contributed by atoms with van der Waals surface area (Å²) in [5.41, 5.74) is 0. The van der Waals surface area contributed by atoms with Gasteiger partial charge in [0.2, 0.25) is 0 Å².